The van der Waals surface area contributed by atoms with Gasteiger partial charge in [0.2, 0.25) is 0 Å². The number of nitrogens with zero attached hydrogens (tertiary/aromatic N) is 3. The van der Waals surface area contributed by atoms with Crippen molar-refractivity contribution < 1.29 is 14.3 Å². The van der Waals surface area contributed by atoms with Gasteiger partial charge in [0.15, 0.2) is 10.9 Å². The summed E-state index contributed by atoms with van der Waals surface area (Å²) in [7, 11) is 3.68. The molecule has 0 unspecified atom stereocenters. The van der Waals surface area contributed by atoms with E-state index >= 15 is 0 Å². The van der Waals surface area contributed by atoms with E-state index in [4.69, 9.17) is 9.72 Å². The first kappa shape index (κ1) is 28.6. The third-order valence-electron chi connectivity index (χ3n) is 7.46. The number of fused-ring (bicyclic) bond motifs is 1. The number of Topliss-reactive ketones (excluding diaryl/α,β-unsaturated/α-hetero) is 1. The van der Waals surface area contributed by atoms with Crippen molar-refractivity contribution in [2.24, 2.45) is 0 Å². The zero-order chi connectivity index (χ0) is 28.9. The minimum absolute atomic E-state index is 0.0326. The Morgan fingerprint density at radius 2 is 1.76 bits per heavy atom. The Morgan fingerprint density at radius 1 is 1.02 bits per heavy atom. The summed E-state index contributed by atoms with van der Waals surface area (Å²) in [6, 6.07) is 20.3. The lowest BCUT2D eigenvalue weighted by atomic mass is 10.0. The summed E-state index contributed by atoms with van der Waals surface area (Å²) in [4.78, 5) is 46.1. The lowest BCUT2D eigenvalue weighted by molar-refractivity contribution is 0.0916. The zero-order valence-corrected chi connectivity index (χ0v) is 24.4. The Bertz CT molecular complexity index is 1630. The van der Waals surface area contributed by atoms with Crippen LogP contribution in [0.4, 0.5) is 0 Å². The van der Waals surface area contributed by atoms with Crippen molar-refractivity contribution in [3.8, 4) is 5.75 Å². The molecule has 1 amide bonds. The minimum Gasteiger partial charge on any atom is -0.496 e. The van der Waals surface area contributed by atoms with Gasteiger partial charge in [-0.05, 0) is 81.9 Å². The molecule has 0 spiro atoms. The number of ketones is 1. The maximum absolute atomic E-state index is 13.8. The second-order valence-electron chi connectivity index (χ2n) is 10.4. The van der Waals surface area contributed by atoms with Gasteiger partial charge in [0.1, 0.15) is 5.75 Å². The number of hydrogen-bond acceptors (Lipinski definition) is 7. The second-order valence-corrected chi connectivity index (χ2v) is 11.4. The molecule has 1 fully saturated rings. The number of ether oxygens (including phenoxy) is 1. The van der Waals surface area contributed by atoms with E-state index in [2.05, 4.69) is 17.3 Å². The van der Waals surface area contributed by atoms with E-state index in [9.17, 15) is 14.4 Å². The molecule has 1 aromatic heterocycles. The van der Waals surface area contributed by atoms with E-state index in [1.54, 1.807) is 42.0 Å². The fraction of sp³-hybridized carbons (Fsp3) is 0.312. The third kappa shape index (κ3) is 6.69. The first-order chi connectivity index (χ1) is 19.8. The van der Waals surface area contributed by atoms with Crippen molar-refractivity contribution in [3.05, 3.63) is 99.3 Å². The highest BCUT2D eigenvalue weighted by molar-refractivity contribution is 7.98. The van der Waals surface area contributed by atoms with Crippen LogP contribution in [0.2, 0.25) is 0 Å². The molecule has 0 bridgehead atoms. The van der Waals surface area contributed by atoms with Crippen molar-refractivity contribution >= 4 is 34.4 Å². The number of hydrogen-bond donors (Lipinski definition) is 1. The van der Waals surface area contributed by atoms with Crippen molar-refractivity contribution in [2.45, 2.75) is 43.3 Å². The summed E-state index contributed by atoms with van der Waals surface area (Å²) in [5, 5.41) is 4.12. The van der Waals surface area contributed by atoms with Crippen LogP contribution in [-0.4, -0.2) is 59.4 Å². The molecule has 9 heteroatoms. The highest BCUT2D eigenvalue weighted by Crippen LogP contribution is 2.29. The SMILES string of the molecule is COc1ccc(C(C)=O)cc1CSc1nc2cc(C(=O)NC3CCN(C)CC3)ccc2c(=O)n1Cc1ccccc1. The number of piperidine rings is 1. The van der Waals surface area contributed by atoms with Gasteiger partial charge in [-0.25, -0.2) is 4.98 Å². The number of carbonyl (C=O) groups excluding carboxylic acids is 2. The van der Waals surface area contributed by atoms with Crippen LogP contribution in [0.15, 0.2) is 76.7 Å². The Morgan fingerprint density at radius 3 is 2.46 bits per heavy atom. The normalized spacial score (nSPS) is 14.2. The molecule has 1 N–H and O–H groups in total. The van der Waals surface area contributed by atoms with Crippen LogP contribution in [0, 0.1) is 0 Å². The number of rotatable bonds is 9. The summed E-state index contributed by atoms with van der Waals surface area (Å²) in [6.07, 6.45) is 1.82. The molecule has 3 aromatic carbocycles. The van der Waals surface area contributed by atoms with Gasteiger partial charge >= 0.3 is 0 Å². The van der Waals surface area contributed by atoms with Crippen molar-refractivity contribution in [2.75, 3.05) is 27.2 Å². The molecule has 41 heavy (non-hydrogen) atoms. The molecule has 5 rings (SSSR count). The quantitative estimate of drug-likeness (QED) is 0.176. The number of methoxy groups -OCH3 is 1. The van der Waals surface area contributed by atoms with Gasteiger partial charge in [-0.15, -0.1) is 0 Å². The van der Waals surface area contributed by atoms with Gasteiger partial charge < -0.3 is 15.0 Å². The van der Waals surface area contributed by atoms with Gasteiger partial charge in [-0.2, -0.15) is 0 Å². The number of likely N-dealkylation sites (tertiary alicyclic amines) is 1. The van der Waals surface area contributed by atoms with Crippen molar-refractivity contribution in [3.63, 3.8) is 0 Å². The molecule has 0 atom stereocenters. The summed E-state index contributed by atoms with van der Waals surface area (Å²) in [6.45, 7) is 3.78. The number of amides is 1. The van der Waals surface area contributed by atoms with E-state index in [1.165, 1.54) is 18.7 Å². The van der Waals surface area contributed by atoms with Gasteiger partial charge in [-0.3, -0.25) is 19.0 Å². The van der Waals surface area contributed by atoms with E-state index in [0.29, 0.717) is 45.2 Å². The standard InChI is InChI=1S/C32H34N4O4S/c1-21(37)23-10-12-29(40-3)25(17-23)20-41-32-34-28-18-24(30(38)33-26-13-15-35(2)16-14-26)9-11-27(28)31(39)36(32)19-22-7-5-4-6-8-22/h4-12,17-18,26H,13-16,19-20H2,1-3H3,(H,33,38). The van der Waals surface area contributed by atoms with Crippen LogP contribution in [0.5, 0.6) is 5.75 Å². The largest absolute Gasteiger partial charge is 0.496 e. The van der Waals surface area contributed by atoms with Gasteiger partial charge in [0.25, 0.3) is 11.5 Å². The van der Waals surface area contributed by atoms with E-state index < -0.39 is 0 Å². The monoisotopic (exact) mass is 570 g/mol. The summed E-state index contributed by atoms with van der Waals surface area (Å²) >= 11 is 1.40. The van der Waals surface area contributed by atoms with Gasteiger partial charge in [0, 0.05) is 28.5 Å². The summed E-state index contributed by atoms with van der Waals surface area (Å²) in [5.74, 6) is 0.910. The first-order valence-corrected chi connectivity index (χ1v) is 14.7. The molecule has 0 saturated carbocycles. The molecule has 1 saturated heterocycles. The number of nitrogens with one attached hydrogen (secondary N) is 1. The van der Waals surface area contributed by atoms with Crippen molar-refractivity contribution in [1.29, 1.82) is 0 Å². The fourth-order valence-electron chi connectivity index (χ4n) is 5.03. The minimum atomic E-state index is -0.173. The van der Waals surface area contributed by atoms with E-state index in [0.717, 1.165) is 37.1 Å². The van der Waals surface area contributed by atoms with Gasteiger partial charge in [0.05, 0.1) is 24.6 Å². The Balaban J connectivity index is 1.49. The number of thioether (sulfide) groups is 1. The fourth-order valence-corrected chi connectivity index (χ4v) is 6.01. The van der Waals surface area contributed by atoms with Crippen molar-refractivity contribution in [1.82, 2.24) is 19.8 Å². The van der Waals surface area contributed by atoms with Crippen LogP contribution in [0.25, 0.3) is 10.9 Å². The Hall–Kier alpha value is -3.95. The third-order valence-corrected chi connectivity index (χ3v) is 8.49. The Kier molecular flexibility index (Phi) is 8.85. The lowest BCUT2D eigenvalue weighted by Gasteiger charge is -2.29. The van der Waals surface area contributed by atoms with Crippen LogP contribution >= 0.6 is 11.8 Å². The lowest BCUT2D eigenvalue weighted by Crippen LogP contribution is -2.43. The molecule has 4 aromatic rings. The topological polar surface area (TPSA) is 93.5 Å². The maximum Gasteiger partial charge on any atom is 0.262 e. The molecule has 0 radical (unpaired) electrons. The number of carbonyl (C=O) groups is 2. The van der Waals surface area contributed by atoms with Crippen LogP contribution in [0.3, 0.4) is 0 Å². The average Bonchev–Trinajstić information content (AvgIpc) is 2.99. The van der Waals surface area contributed by atoms with Crippen LogP contribution in [-0.2, 0) is 12.3 Å². The maximum atomic E-state index is 13.8. The molecular formula is C32H34N4O4S. The predicted octanol–water partition coefficient (Wildman–Crippen LogP) is 4.77. The zero-order valence-electron chi connectivity index (χ0n) is 23.6. The molecule has 0 aliphatic carbocycles. The van der Waals surface area contributed by atoms with Crippen LogP contribution in [0.1, 0.15) is 51.6 Å². The highest BCUT2D eigenvalue weighted by atomic mass is 32.2. The number of aromatic nitrogens is 2. The number of benzene rings is 3. The Labute approximate surface area is 243 Å². The summed E-state index contributed by atoms with van der Waals surface area (Å²) in [5.41, 5.74) is 3.18. The molecule has 1 aliphatic heterocycles. The molecule has 2 heterocycles. The second kappa shape index (κ2) is 12.7. The first-order valence-electron chi connectivity index (χ1n) is 13.7. The highest BCUT2D eigenvalue weighted by Gasteiger charge is 2.20. The summed E-state index contributed by atoms with van der Waals surface area (Å²) < 4.78 is 7.21. The average molecular weight is 571 g/mol. The molecular weight excluding hydrogens is 536 g/mol. The predicted molar refractivity (Wildman–Crippen MR) is 162 cm³/mol. The molecule has 1 aliphatic rings. The van der Waals surface area contributed by atoms with Crippen LogP contribution < -0.4 is 15.6 Å². The van der Waals surface area contributed by atoms with E-state index in [-0.39, 0.29) is 23.3 Å². The smallest absolute Gasteiger partial charge is 0.262 e. The molecule has 212 valence electrons. The molecule has 8 nitrogen and oxygen atoms in total. The van der Waals surface area contributed by atoms with Gasteiger partial charge in [-0.1, -0.05) is 42.1 Å². The van der Waals surface area contributed by atoms with E-state index in [1.807, 2.05) is 36.4 Å².